The molecule has 0 aromatic heterocycles. The van der Waals surface area contributed by atoms with Gasteiger partial charge in [-0.05, 0) is 31.0 Å². The lowest BCUT2D eigenvalue weighted by Gasteiger charge is -2.24. The van der Waals surface area contributed by atoms with Crippen molar-refractivity contribution in [3.63, 3.8) is 0 Å². The molecule has 0 aliphatic carbocycles. The van der Waals surface area contributed by atoms with E-state index < -0.39 is 48.0 Å². The van der Waals surface area contributed by atoms with E-state index in [1.54, 1.807) is 0 Å². The van der Waals surface area contributed by atoms with E-state index in [2.05, 4.69) is 10.6 Å². The minimum absolute atomic E-state index is 0.000721. The van der Waals surface area contributed by atoms with Crippen LogP contribution >= 0.6 is 0 Å². The maximum Gasteiger partial charge on any atom is 0.326 e. The zero-order valence-electron chi connectivity index (χ0n) is 15.7. The summed E-state index contributed by atoms with van der Waals surface area (Å²) in [4.78, 5) is 46.5. The number of nitrogens with one attached hydrogen (secondary N) is 2. The third-order valence-corrected chi connectivity index (χ3v) is 4.06. The number of aliphatic carboxylic acids is 2. The van der Waals surface area contributed by atoms with Crippen molar-refractivity contribution in [2.75, 3.05) is 0 Å². The molecular formula is C18H25N3O8. The standard InChI is InChI=1S/C18H25N3O8/c1-9(22)15(21-16(26)12(19)6-7-14(24)25)17(27)20-13(18(28)29)8-10-2-4-11(23)5-3-10/h2-5,9,12-13,15,22-23H,6-8,19H2,1H3,(H,20,27)(H,21,26)(H,24,25)(H,28,29)/t9-,12+,13+,15+/m1/s1. The van der Waals surface area contributed by atoms with Gasteiger partial charge in [0.1, 0.15) is 17.8 Å². The Hall–Kier alpha value is -3.18. The number of hydrogen-bond donors (Lipinski definition) is 7. The number of aromatic hydroxyl groups is 1. The lowest BCUT2D eigenvalue weighted by atomic mass is 10.0. The lowest BCUT2D eigenvalue weighted by Crippen LogP contribution is -2.58. The van der Waals surface area contributed by atoms with Crippen LogP contribution in [0, 0.1) is 0 Å². The van der Waals surface area contributed by atoms with Crippen molar-refractivity contribution in [2.24, 2.45) is 5.73 Å². The highest BCUT2D eigenvalue weighted by molar-refractivity contribution is 5.92. The van der Waals surface area contributed by atoms with Crippen LogP contribution in [0.25, 0.3) is 0 Å². The highest BCUT2D eigenvalue weighted by Crippen LogP contribution is 2.12. The van der Waals surface area contributed by atoms with Crippen LogP contribution in [0.5, 0.6) is 5.75 Å². The first-order valence-electron chi connectivity index (χ1n) is 8.78. The number of rotatable bonds is 11. The zero-order valence-corrected chi connectivity index (χ0v) is 15.7. The molecule has 1 aromatic rings. The number of phenolic OH excluding ortho intramolecular Hbond substituents is 1. The van der Waals surface area contributed by atoms with Crippen molar-refractivity contribution in [3.05, 3.63) is 29.8 Å². The number of phenols is 1. The minimum Gasteiger partial charge on any atom is -0.508 e. The molecule has 0 heterocycles. The Kier molecular flexibility index (Phi) is 9.03. The van der Waals surface area contributed by atoms with Crippen LogP contribution in [0.2, 0.25) is 0 Å². The van der Waals surface area contributed by atoms with Gasteiger partial charge >= 0.3 is 11.9 Å². The molecular weight excluding hydrogens is 386 g/mol. The van der Waals surface area contributed by atoms with Crippen molar-refractivity contribution >= 4 is 23.8 Å². The first kappa shape index (κ1) is 23.9. The Balaban J connectivity index is 2.80. The van der Waals surface area contributed by atoms with Gasteiger partial charge in [0, 0.05) is 12.8 Å². The Morgan fingerprint density at radius 3 is 2.10 bits per heavy atom. The van der Waals surface area contributed by atoms with Gasteiger partial charge in [-0.15, -0.1) is 0 Å². The molecule has 0 radical (unpaired) electrons. The molecule has 4 atom stereocenters. The first-order valence-corrected chi connectivity index (χ1v) is 8.78. The van der Waals surface area contributed by atoms with Crippen molar-refractivity contribution in [2.45, 2.75) is 50.4 Å². The molecule has 11 heteroatoms. The smallest absolute Gasteiger partial charge is 0.326 e. The van der Waals surface area contributed by atoms with Crippen LogP contribution in [0.15, 0.2) is 24.3 Å². The maximum atomic E-state index is 12.4. The fraction of sp³-hybridized carbons (Fsp3) is 0.444. The molecule has 0 saturated heterocycles. The van der Waals surface area contributed by atoms with Crippen LogP contribution in [0.3, 0.4) is 0 Å². The van der Waals surface area contributed by atoms with E-state index in [0.29, 0.717) is 5.56 Å². The average Bonchev–Trinajstić information content (AvgIpc) is 2.64. The first-order chi connectivity index (χ1) is 13.5. The largest absolute Gasteiger partial charge is 0.508 e. The van der Waals surface area contributed by atoms with Crippen LogP contribution in [-0.4, -0.2) is 68.4 Å². The highest BCUT2D eigenvalue weighted by Gasteiger charge is 2.31. The van der Waals surface area contributed by atoms with Crippen LogP contribution in [-0.2, 0) is 25.6 Å². The Morgan fingerprint density at radius 1 is 1.03 bits per heavy atom. The van der Waals surface area contributed by atoms with E-state index in [4.69, 9.17) is 10.8 Å². The minimum atomic E-state index is -1.49. The molecule has 0 saturated carbocycles. The van der Waals surface area contributed by atoms with Crippen LogP contribution in [0.1, 0.15) is 25.3 Å². The van der Waals surface area contributed by atoms with Gasteiger partial charge in [0.05, 0.1) is 12.1 Å². The lowest BCUT2D eigenvalue weighted by molar-refractivity contribution is -0.142. The van der Waals surface area contributed by atoms with Gasteiger partial charge in [-0.25, -0.2) is 4.79 Å². The number of aliphatic hydroxyl groups excluding tert-OH is 1. The quantitative estimate of drug-likeness (QED) is 0.228. The predicted octanol–water partition coefficient (Wildman–Crippen LogP) is -1.44. The number of carbonyl (C=O) groups is 4. The average molecular weight is 411 g/mol. The number of nitrogens with two attached hydrogens (primary N) is 1. The molecule has 0 unspecified atom stereocenters. The van der Waals surface area contributed by atoms with Gasteiger partial charge < -0.3 is 36.8 Å². The molecule has 2 amide bonds. The third kappa shape index (κ3) is 8.15. The summed E-state index contributed by atoms with van der Waals surface area (Å²) >= 11 is 0. The molecule has 160 valence electrons. The van der Waals surface area contributed by atoms with Crippen molar-refractivity contribution in [3.8, 4) is 5.75 Å². The Labute approximate surface area is 166 Å². The van der Waals surface area contributed by atoms with E-state index in [1.165, 1.54) is 31.2 Å². The Morgan fingerprint density at radius 2 is 1.62 bits per heavy atom. The van der Waals surface area contributed by atoms with Crippen molar-refractivity contribution < 1.29 is 39.6 Å². The monoisotopic (exact) mass is 411 g/mol. The summed E-state index contributed by atoms with van der Waals surface area (Å²) in [6.45, 7) is 1.23. The zero-order chi connectivity index (χ0) is 22.1. The van der Waals surface area contributed by atoms with Gasteiger partial charge in [0.2, 0.25) is 11.8 Å². The number of carbonyl (C=O) groups excluding carboxylic acids is 2. The molecule has 0 aliphatic heterocycles. The molecule has 1 aromatic carbocycles. The number of amides is 2. The molecule has 8 N–H and O–H groups in total. The SMILES string of the molecule is C[C@@H](O)[C@H](NC(=O)[C@@H](N)CCC(=O)O)C(=O)N[C@@H](Cc1ccc(O)cc1)C(=O)O. The van der Waals surface area contributed by atoms with Crippen LogP contribution < -0.4 is 16.4 Å². The summed E-state index contributed by atoms with van der Waals surface area (Å²) in [5.74, 6) is -4.26. The summed E-state index contributed by atoms with van der Waals surface area (Å²) in [7, 11) is 0. The summed E-state index contributed by atoms with van der Waals surface area (Å²) < 4.78 is 0. The molecule has 1 rings (SSSR count). The molecule has 0 fully saturated rings. The normalized spacial score (nSPS) is 14.9. The molecule has 0 spiro atoms. The van der Waals surface area contributed by atoms with E-state index in [0.717, 1.165) is 0 Å². The molecule has 11 nitrogen and oxygen atoms in total. The number of benzene rings is 1. The van der Waals surface area contributed by atoms with Crippen molar-refractivity contribution in [1.82, 2.24) is 10.6 Å². The summed E-state index contributed by atoms with van der Waals surface area (Å²) in [5.41, 5.74) is 6.11. The van der Waals surface area contributed by atoms with Gasteiger partial charge in [0.15, 0.2) is 0 Å². The van der Waals surface area contributed by atoms with E-state index in [1.807, 2.05) is 0 Å². The second-order valence-corrected chi connectivity index (χ2v) is 6.54. The third-order valence-electron chi connectivity index (χ3n) is 4.06. The fourth-order valence-corrected chi connectivity index (χ4v) is 2.40. The predicted molar refractivity (Wildman–Crippen MR) is 99.8 cm³/mol. The topological polar surface area (TPSA) is 199 Å². The number of carboxylic acid groups (broad SMARTS) is 2. The van der Waals surface area contributed by atoms with E-state index >= 15 is 0 Å². The molecule has 0 aliphatic rings. The summed E-state index contributed by atoms with van der Waals surface area (Å²) in [5, 5.41) is 41.5. The summed E-state index contributed by atoms with van der Waals surface area (Å²) in [6, 6.07) is 1.67. The van der Waals surface area contributed by atoms with E-state index in [9.17, 15) is 34.5 Å². The maximum absolute atomic E-state index is 12.4. The molecule has 29 heavy (non-hydrogen) atoms. The van der Waals surface area contributed by atoms with Gasteiger partial charge in [-0.3, -0.25) is 14.4 Å². The second kappa shape index (κ2) is 11.0. The van der Waals surface area contributed by atoms with Crippen molar-refractivity contribution in [1.29, 1.82) is 0 Å². The van der Waals surface area contributed by atoms with Crippen LogP contribution in [0.4, 0.5) is 0 Å². The highest BCUT2D eigenvalue weighted by atomic mass is 16.4. The second-order valence-electron chi connectivity index (χ2n) is 6.54. The van der Waals surface area contributed by atoms with Gasteiger partial charge in [-0.2, -0.15) is 0 Å². The summed E-state index contributed by atoms with van der Waals surface area (Å²) in [6.07, 6.45) is -1.99. The number of aliphatic hydroxyl groups is 1. The fourth-order valence-electron chi connectivity index (χ4n) is 2.40. The number of carboxylic acids is 2. The Bertz CT molecular complexity index is 735. The number of hydrogen-bond acceptors (Lipinski definition) is 7. The van der Waals surface area contributed by atoms with E-state index in [-0.39, 0.29) is 25.0 Å². The molecule has 0 bridgehead atoms. The van der Waals surface area contributed by atoms with Gasteiger partial charge in [0.25, 0.3) is 0 Å². The van der Waals surface area contributed by atoms with Gasteiger partial charge in [-0.1, -0.05) is 12.1 Å².